The number of aliphatic hydroxyl groups is 1. The van der Waals surface area contributed by atoms with E-state index in [2.05, 4.69) is 10.3 Å². The number of guanidine groups is 1. The Morgan fingerprint density at radius 1 is 1.26 bits per heavy atom. The van der Waals surface area contributed by atoms with E-state index in [0.717, 1.165) is 25.3 Å². The molecule has 0 bridgehead atoms. The van der Waals surface area contributed by atoms with Crippen molar-refractivity contribution >= 4 is 5.96 Å². The minimum absolute atomic E-state index is 0.0309. The highest BCUT2D eigenvalue weighted by Gasteiger charge is 2.56. The van der Waals surface area contributed by atoms with Crippen LogP contribution in [0.2, 0.25) is 0 Å². The predicted octanol–water partition coefficient (Wildman–Crippen LogP) is 1.63. The van der Waals surface area contributed by atoms with E-state index in [1.54, 1.807) is 0 Å². The van der Waals surface area contributed by atoms with Gasteiger partial charge in [-0.15, -0.1) is 0 Å². The highest BCUT2D eigenvalue weighted by atomic mass is 16.3. The highest BCUT2D eigenvalue weighted by molar-refractivity contribution is 5.77. The van der Waals surface area contributed by atoms with Gasteiger partial charge in [0.2, 0.25) is 0 Å². The SMILES string of the molecule is NC(=NCC1(CO)CC2(CCC2)C1)NCC1CCC1. The Bertz CT molecular complexity index is 350. The number of rotatable bonds is 5. The van der Waals surface area contributed by atoms with E-state index in [0.29, 0.717) is 17.9 Å². The van der Waals surface area contributed by atoms with Crippen molar-refractivity contribution in [2.24, 2.45) is 27.5 Å². The zero-order chi connectivity index (χ0) is 13.3. The number of aliphatic hydroxyl groups excluding tert-OH is 1. The van der Waals surface area contributed by atoms with Crippen LogP contribution < -0.4 is 11.1 Å². The Labute approximate surface area is 115 Å². The maximum Gasteiger partial charge on any atom is 0.188 e. The van der Waals surface area contributed by atoms with Gasteiger partial charge in [-0.25, -0.2) is 0 Å². The van der Waals surface area contributed by atoms with E-state index in [1.807, 2.05) is 0 Å². The molecule has 3 saturated carbocycles. The van der Waals surface area contributed by atoms with Gasteiger partial charge in [0.15, 0.2) is 5.96 Å². The number of hydrogen-bond acceptors (Lipinski definition) is 2. The van der Waals surface area contributed by atoms with Crippen LogP contribution in [-0.2, 0) is 0 Å². The van der Waals surface area contributed by atoms with Crippen molar-refractivity contribution in [2.45, 2.75) is 51.4 Å². The summed E-state index contributed by atoms with van der Waals surface area (Å²) in [5, 5.41) is 12.9. The average Bonchev–Trinajstić information content (AvgIpc) is 2.24. The van der Waals surface area contributed by atoms with Gasteiger partial charge in [-0.1, -0.05) is 12.8 Å². The summed E-state index contributed by atoms with van der Waals surface area (Å²) in [5.41, 5.74) is 6.52. The maximum atomic E-state index is 9.64. The fourth-order valence-electron chi connectivity index (χ4n) is 4.10. The molecule has 1 spiro atoms. The molecule has 0 amide bonds. The van der Waals surface area contributed by atoms with Gasteiger partial charge in [0.25, 0.3) is 0 Å². The van der Waals surface area contributed by atoms with E-state index >= 15 is 0 Å². The van der Waals surface area contributed by atoms with Crippen molar-refractivity contribution < 1.29 is 5.11 Å². The molecule has 0 saturated heterocycles. The van der Waals surface area contributed by atoms with Gasteiger partial charge in [-0.2, -0.15) is 0 Å². The van der Waals surface area contributed by atoms with Gasteiger partial charge in [-0.05, 0) is 49.9 Å². The highest BCUT2D eigenvalue weighted by Crippen LogP contribution is 2.64. The molecule has 4 heteroatoms. The molecule has 3 aliphatic rings. The van der Waals surface area contributed by atoms with Crippen molar-refractivity contribution in [1.29, 1.82) is 0 Å². The topological polar surface area (TPSA) is 70.6 Å². The quantitative estimate of drug-likeness (QED) is 0.523. The number of nitrogens with two attached hydrogens (primary N) is 1. The third-order valence-corrected chi connectivity index (χ3v) is 5.63. The van der Waals surface area contributed by atoms with Crippen molar-refractivity contribution in [2.75, 3.05) is 19.7 Å². The molecule has 4 nitrogen and oxygen atoms in total. The van der Waals surface area contributed by atoms with Gasteiger partial charge < -0.3 is 16.2 Å². The Kier molecular flexibility index (Phi) is 3.46. The van der Waals surface area contributed by atoms with Crippen LogP contribution in [-0.4, -0.2) is 30.8 Å². The molecule has 0 aromatic heterocycles. The summed E-state index contributed by atoms with van der Waals surface area (Å²) in [6, 6.07) is 0. The van der Waals surface area contributed by atoms with Gasteiger partial charge in [-0.3, -0.25) is 4.99 Å². The van der Waals surface area contributed by atoms with Crippen LogP contribution in [0.5, 0.6) is 0 Å². The Hall–Kier alpha value is -0.770. The van der Waals surface area contributed by atoms with E-state index < -0.39 is 0 Å². The lowest BCUT2D eigenvalue weighted by Gasteiger charge is -2.60. The Morgan fingerprint density at radius 2 is 2.00 bits per heavy atom. The Balaban J connectivity index is 1.44. The summed E-state index contributed by atoms with van der Waals surface area (Å²) in [6.07, 6.45) is 10.4. The van der Waals surface area contributed by atoms with Crippen LogP contribution >= 0.6 is 0 Å². The lowest BCUT2D eigenvalue weighted by atomic mass is 9.45. The molecule has 4 N–H and O–H groups in total. The minimum atomic E-state index is 0.0309. The van der Waals surface area contributed by atoms with Gasteiger partial charge in [0.1, 0.15) is 0 Å². The smallest absolute Gasteiger partial charge is 0.188 e. The molecule has 0 atom stereocenters. The third-order valence-electron chi connectivity index (χ3n) is 5.63. The standard InChI is InChI=1S/C15H27N3O/c16-13(17-7-12-3-1-4-12)18-10-15(11-19)8-14(9-15)5-2-6-14/h12,19H,1-11H2,(H3,16,17,18). The number of aliphatic imine (C=N–C) groups is 1. The minimum Gasteiger partial charge on any atom is -0.396 e. The average molecular weight is 265 g/mol. The fourth-order valence-corrected chi connectivity index (χ4v) is 4.10. The summed E-state index contributed by atoms with van der Waals surface area (Å²) in [4.78, 5) is 4.47. The van der Waals surface area contributed by atoms with Crippen molar-refractivity contribution in [3.05, 3.63) is 0 Å². The van der Waals surface area contributed by atoms with Gasteiger partial charge in [0, 0.05) is 12.0 Å². The molecule has 19 heavy (non-hydrogen) atoms. The molecular weight excluding hydrogens is 238 g/mol. The lowest BCUT2D eigenvalue weighted by molar-refractivity contribution is -0.114. The lowest BCUT2D eigenvalue weighted by Crippen LogP contribution is -2.54. The molecular formula is C15H27N3O. The van der Waals surface area contributed by atoms with E-state index in [1.165, 1.54) is 38.5 Å². The van der Waals surface area contributed by atoms with E-state index in [9.17, 15) is 5.11 Å². The summed E-state index contributed by atoms with van der Waals surface area (Å²) < 4.78 is 0. The Morgan fingerprint density at radius 3 is 2.47 bits per heavy atom. The monoisotopic (exact) mass is 265 g/mol. The molecule has 0 aromatic rings. The van der Waals surface area contributed by atoms with Gasteiger partial charge >= 0.3 is 0 Å². The molecule has 0 heterocycles. The second kappa shape index (κ2) is 4.97. The third kappa shape index (κ3) is 2.60. The molecule has 3 aliphatic carbocycles. The second-order valence-electron chi connectivity index (χ2n) is 7.24. The molecule has 3 fully saturated rings. The molecule has 0 aromatic carbocycles. The molecule has 108 valence electrons. The van der Waals surface area contributed by atoms with Crippen LogP contribution in [0, 0.1) is 16.7 Å². The second-order valence-corrected chi connectivity index (χ2v) is 7.24. The predicted molar refractivity (Wildman–Crippen MR) is 76.9 cm³/mol. The molecule has 0 unspecified atom stereocenters. The van der Waals surface area contributed by atoms with Crippen LogP contribution in [0.4, 0.5) is 0 Å². The number of nitrogens with one attached hydrogen (secondary N) is 1. The van der Waals surface area contributed by atoms with Crippen LogP contribution in [0.15, 0.2) is 4.99 Å². The van der Waals surface area contributed by atoms with Crippen LogP contribution in [0.1, 0.15) is 51.4 Å². The zero-order valence-electron chi connectivity index (χ0n) is 11.8. The summed E-state index contributed by atoms with van der Waals surface area (Å²) in [7, 11) is 0. The summed E-state index contributed by atoms with van der Waals surface area (Å²) >= 11 is 0. The molecule has 3 rings (SSSR count). The zero-order valence-corrected chi connectivity index (χ0v) is 11.8. The van der Waals surface area contributed by atoms with Gasteiger partial charge in [0.05, 0.1) is 13.2 Å². The van der Waals surface area contributed by atoms with Crippen molar-refractivity contribution in [3.8, 4) is 0 Å². The first-order valence-electron chi connectivity index (χ1n) is 7.80. The summed E-state index contributed by atoms with van der Waals surface area (Å²) in [5.74, 6) is 1.36. The normalized spacial score (nSPS) is 28.4. The number of nitrogens with zero attached hydrogens (tertiary/aromatic N) is 1. The van der Waals surface area contributed by atoms with Crippen LogP contribution in [0.3, 0.4) is 0 Å². The molecule has 0 aliphatic heterocycles. The number of hydrogen-bond donors (Lipinski definition) is 3. The summed E-state index contributed by atoms with van der Waals surface area (Å²) in [6.45, 7) is 1.91. The van der Waals surface area contributed by atoms with E-state index in [-0.39, 0.29) is 12.0 Å². The first-order chi connectivity index (χ1) is 9.15. The van der Waals surface area contributed by atoms with E-state index in [4.69, 9.17) is 5.73 Å². The first kappa shape index (κ1) is 13.2. The van der Waals surface area contributed by atoms with Crippen molar-refractivity contribution in [3.63, 3.8) is 0 Å². The maximum absolute atomic E-state index is 9.64. The largest absolute Gasteiger partial charge is 0.396 e. The molecule has 0 radical (unpaired) electrons. The fraction of sp³-hybridized carbons (Fsp3) is 0.933. The van der Waals surface area contributed by atoms with Crippen LogP contribution in [0.25, 0.3) is 0 Å². The first-order valence-corrected chi connectivity index (χ1v) is 7.80. The van der Waals surface area contributed by atoms with Crippen molar-refractivity contribution in [1.82, 2.24) is 5.32 Å².